The normalized spacial score (nSPS) is 10.5. The molecule has 98 valence electrons. The van der Waals surface area contributed by atoms with Gasteiger partial charge in [-0.25, -0.2) is 9.97 Å². The molecule has 1 aromatic heterocycles. The summed E-state index contributed by atoms with van der Waals surface area (Å²) in [7, 11) is 0. The summed E-state index contributed by atoms with van der Waals surface area (Å²) >= 11 is 1.53. The van der Waals surface area contributed by atoms with Crippen molar-refractivity contribution in [3.05, 3.63) is 46.8 Å². The van der Waals surface area contributed by atoms with Gasteiger partial charge >= 0.3 is 0 Å². The molecule has 0 spiro atoms. The highest BCUT2D eigenvalue weighted by molar-refractivity contribution is 7.99. The third kappa shape index (κ3) is 3.32. The summed E-state index contributed by atoms with van der Waals surface area (Å²) < 4.78 is 0. The summed E-state index contributed by atoms with van der Waals surface area (Å²) in [5, 5.41) is 8.17. The van der Waals surface area contributed by atoms with Crippen molar-refractivity contribution in [2.45, 2.75) is 30.8 Å². The minimum Gasteiger partial charge on any atom is -0.384 e. The number of nitrogens with zero attached hydrogens (tertiary/aromatic N) is 2. The SMILES string of the molecule is Cc1cc(C)nc(Sc2ccc(C(=N)N)cc2C)n1. The topological polar surface area (TPSA) is 75.7 Å². The van der Waals surface area contributed by atoms with E-state index in [1.165, 1.54) is 11.8 Å². The van der Waals surface area contributed by atoms with Gasteiger partial charge in [-0.2, -0.15) is 0 Å². The number of hydrogen-bond acceptors (Lipinski definition) is 4. The van der Waals surface area contributed by atoms with E-state index in [0.29, 0.717) is 0 Å². The van der Waals surface area contributed by atoms with E-state index in [1.54, 1.807) is 0 Å². The van der Waals surface area contributed by atoms with E-state index in [1.807, 2.05) is 45.0 Å². The molecule has 0 aliphatic heterocycles. The van der Waals surface area contributed by atoms with Crippen molar-refractivity contribution in [3.63, 3.8) is 0 Å². The van der Waals surface area contributed by atoms with Crippen LogP contribution in [0.15, 0.2) is 34.3 Å². The van der Waals surface area contributed by atoms with E-state index in [0.717, 1.165) is 32.6 Å². The third-order valence-electron chi connectivity index (χ3n) is 2.65. The Bertz CT molecular complexity index is 617. The van der Waals surface area contributed by atoms with Crippen molar-refractivity contribution >= 4 is 17.6 Å². The number of nitrogens with one attached hydrogen (secondary N) is 1. The maximum Gasteiger partial charge on any atom is 0.192 e. The van der Waals surface area contributed by atoms with Gasteiger partial charge in [0.2, 0.25) is 0 Å². The zero-order chi connectivity index (χ0) is 14.0. The Morgan fingerprint density at radius 3 is 2.26 bits per heavy atom. The molecule has 2 rings (SSSR count). The van der Waals surface area contributed by atoms with E-state index in [4.69, 9.17) is 11.1 Å². The third-order valence-corrected chi connectivity index (χ3v) is 3.69. The van der Waals surface area contributed by atoms with Gasteiger partial charge in [-0.3, -0.25) is 5.41 Å². The van der Waals surface area contributed by atoms with Crippen LogP contribution in [0.2, 0.25) is 0 Å². The van der Waals surface area contributed by atoms with Gasteiger partial charge in [0.1, 0.15) is 5.84 Å². The Balaban J connectivity index is 2.30. The van der Waals surface area contributed by atoms with Crippen LogP contribution in [0.4, 0.5) is 0 Å². The molecule has 1 aromatic carbocycles. The minimum absolute atomic E-state index is 0.0855. The number of hydrogen-bond donors (Lipinski definition) is 2. The molecular formula is C14H16N4S. The zero-order valence-electron chi connectivity index (χ0n) is 11.2. The predicted molar refractivity (Wildman–Crippen MR) is 77.8 cm³/mol. The van der Waals surface area contributed by atoms with Crippen molar-refractivity contribution in [3.8, 4) is 0 Å². The Kier molecular flexibility index (Phi) is 3.85. The summed E-state index contributed by atoms with van der Waals surface area (Å²) in [6.07, 6.45) is 0. The van der Waals surface area contributed by atoms with E-state index in [9.17, 15) is 0 Å². The van der Waals surface area contributed by atoms with Crippen LogP contribution in [-0.4, -0.2) is 15.8 Å². The Hall–Kier alpha value is -1.88. The number of aryl methyl sites for hydroxylation is 3. The predicted octanol–water partition coefficient (Wildman–Crippen LogP) is 2.84. The standard InChI is InChI=1S/C14H16N4S/c1-8-6-11(13(15)16)4-5-12(8)19-14-17-9(2)7-10(3)18-14/h4-7H,1-3H3,(H3,15,16). The lowest BCUT2D eigenvalue weighted by Gasteiger charge is -2.07. The second kappa shape index (κ2) is 5.40. The summed E-state index contributed by atoms with van der Waals surface area (Å²) in [4.78, 5) is 9.90. The summed E-state index contributed by atoms with van der Waals surface area (Å²) in [6, 6.07) is 7.67. The van der Waals surface area contributed by atoms with E-state index in [2.05, 4.69) is 9.97 Å². The maximum absolute atomic E-state index is 7.43. The highest BCUT2D eigenvalue weighted by Crippen LogP contribution is 2.28. The largest absolute Gasteiger partial charge is 0.384 e. The molecule has 0 saturated carbocycles. The molecule has 5 heteroatoms. The maximum atomic E-state index is 7.43. The number of nitrogen functional groups attached to an aromatic ring is 1. The van der Waals surface area contributed by atoms with Crippen molar-refractivity contribution in [2.24, 2.45) is 5.73 Å². The van der Waals surface area contributed by atoms with Crippen LogP contribution >= 0.6 is 11.8 Å². The van der Waals surface area contributed by atoms with Crippen LogP contribution < -0.4 is 5.73 Å². The van der Waals surface area contributed by atoms with Crippen LogP contribution in [0.25, 0.3) is 0 Å². The van der Waals surface area contributed by atoms with Gasteiger partial charge in [0.25, 0.3) is 0 Å². The summed E-state index contributed by atoms with van der Waals surface area (Å²) in [5.41, 5.74) is 9.22. The molecule has 0 aliphatic carbocycles. The molecule has 2 aromatic rings. The Morgan fingerprint density at radius 2 is 1.74 bits per heavy atom. The number of amidine groups is 1. The second-order valence-electron chi connectivity index (χ2n) is 4.43. The van der Waals surface area contributed by atoms with Gasteiger partial charge in [0.05, 0.1) is 0 Å². The van der Waals surface area contributed by atoms with Crippen molar-refractivity contribution in [1.29, 1.82) is 5.41 Å². The van der Waals surface area contributed by atoms with Crippen LogP contribution in [0, 0.1) is 26.2 Å². The van der Waals surface area contributed by atoms with Gasteiger partial charge in [-0.05, 0) is 56.3 Å². The molecule has 0 saturated heterocycles. The highest BCUT2D eigenvalue weighted by Gasteiger charge is 2.07. The first kappa shape index (κ1) is 13.5. The van der Waals surface area contributed by atoms with E-state index >= 15 is 0 Å². The molecule has 19 heavy (non-hydrogen) atoms. The van der Waals surface area contributed by atoms with Gasteiger partial charge in [0, 0.05) is 21.8 Å². The average Bonchev–Trinajstić information content (AvgIpc) is 2.30. The molecular weight excluding hydrogens is 256 g/mol. The molecule has 3 N–H and O–H groups in total. The van der Waals surface area contributed by atoms with Crippen molar-refractivity contribution in [1.82, 2.24) is 9.97 Å². The van der Waals surface area contributed by atoms with Gasteiger partial charge in [0.15, 0.2) is 5.16 Å². The van der Waals surface area contributed by atoms with E-state index in [-0.39, 0.29) is 5.84 Å². The summed E-state index contributed by atoms with van der Waals surface area (Å²) in [5.74, 6) is 0.0855. The number of benzene rings is 1. The molecule has 0 radical (unpaired) electrons. The first-order chi connectivity index (χ1) is 8.95. The van der Waals surface area contributed by atoms with Gasteiger partial charge < -0.3 is 5.73 Å². The first-order valence-corrected chi connectivity index (χ1v) is 6.72. The minimum atomic E-state index is 0.0855. The summed E-state index contributed by atoms with van der Waals surface area (Å²) in [6.45, 7) is 5.92. The highest BCUT2D eigenvalue weighted by atomic mass is 32.2. The fourth-order valence-electron chi connectivity index (χ4n) is 1.77. The zero-order valence-corrected chi connectivity index (χ0v) is 12.0. The number of rotatable bonds is 3. The quantitative estimate of drug-likeness (QED) is 0.512. The van der Waals surface area contributed by atoms with Crippen LogP contribution in [-0.2, 0) is 0 Å². The van der Waals surface area contributed by atoms with Crippen molar-refractivity contribution in [2.75, 3.05) is 0 Å². The molecule has 0 aliphatic rings. The lowest BCUT2D eigenvalue weighted by atomic mass is 10.1. The van der Waals surface area contributed by atoms with Gasteiger partial charge in [-0.15, -0.1) is 0 Å². The fraction of sp³-hybridized carbons (Fsp3) is 0.214. The molecule has 0 amide bonds. The first-order valence-electron chi connectivity index (χ1n) is 5.91. The van der Waals surface area contributed by atoms with Crippen LogP contribution in [0.3, 0.4) is 0 Å². The van der Waals surface area contributed by atoms with E-state index < -0.39 is 0 Å². The smallest absolute Gasteiger partial charge is 0.192 e. The number of nitrogens with two attached hydrogens (primary N) is 1. The molecule has 0 atom stereocenters. The molecule has 0 fully saturated rings. The van der Waals surface area contributed by atoms with Crippen LogP contribution in [0.1, 0.15) is 22.5 Å². The van der Waals surface area contributed by atoms with Crippen LogP contribution in [0.5, 0.6) is 0 Å². The monoisotopic (exact) mass is 272 g/mol. The second-order valence-corrected chi connectivity index (χ2v) is 5.44. The Morgan fingerprint density at radius 1 is 1.11 bits per heavy atom. The Labute approximate surface area is 117 Å². The molecule has 0 unspecified atom stereocenters. The fourth-order valence-corrected chi connectivity index (χ4v) is 2.70. The molecule has 4 nitrogen and oxygen atoms in total. The van der Waals surface area contributed by atoms with Gasteiger partial charge in [-0.1, -0.05) is 6.07 Å². The molecule has 1 heterocycles. The average molecular weight is 272 g/mol. The lowest BCUT2D eigenvalue weighted by Crippen LogP contribution is -2.11. The van der Waals surface area contributed by atoms with Crippen molar-refractivity contribution < 1.29 is 0 Å². The molecule has 0 bridgehead atoms. The number of aromatic nitrogens is 2. The lowest BCUT2D eigenvalue weighted by molar-refractivity contribution is 0.901.